The number of hydrogen-bond donors (Lipinski definition) is 2. The van der Waals surface area contributed by atoms with Crippen LogP contribution in [0.15, 0.2) is 0 Å². The molecule has 0 aliphatic carbocycles. The molecule has 0 heterocycles. The van der Waals surface area contributed by atoms with Crippen LogP contribution in [0, 0.1) is 0 Å². The molecule has 0 aromatic rings. The van der Waals surface area contributed by atoms with E-state index in [0.29, 0.717) is 11.5 Å². The lowest BCUT2D eigenvalue weighted by Crippen LogP contribution is -2.17. The van der Waals surface area contributed by atoms with E-state index in [1.54, 1.807) is 0 Å². The van der Waals surface area contributed by atoms with Gasteiger partial charge in [0.1, 0.15) is 0 Å². The Kier molecular flexibility index (Phi) is 6.24. The van der Waals surface area contributed by atoms with Gasteiger partial charge in [-0.15, -0.1) is 0 Å². The zero-order valence-electron chi connectivity index (χ0n) is 5.59. The summed E-state index contributed by atoms with van der Waals surface area (Å²) in [5.41, 5.74) is 0. The van der Waals surface area contributed by atoms with E-state index >= 15 is 0 Å². The minimum absolute atomic E-state index is 0.0241. The standard InChI is InChI=1S/C5H13NO2S/c1-6-2-4-9(8)5-3-7/h6-7H,2-5H2,1H3. The first kappa shape index (κ1) is 9.07. The van der Waals surface area contributed by atoms with E-state index < -0.39 is 10.8 Å². The molecule has 2 N–H and O–H groups in total. The molecular weight excluding hydrogens is 138 g/mol. The summed E-state index contributed by atoms with van der Waals surface area (Å²) >= 11 is 0. The van der Waals surface area contributed by atoms with Crippen molar-refractivity contribution in [3.05, 3.63) is 0 Å². The molecule has 3 nitrogen and oxygen atoms in total. The fourth-order valence-electron chi connectivity index (χ4n) is 0.420. The van der Waals surface area contributed by atoms with Gasteiger partial charge in [0.2, 0.25) is 0 Å². The van der Waals surface area contributed by atoms with Crippen molar-refractivity contribution >= 4 is 10.8 Å². The van der Waals surface area contributed by atoms with Crippen molar-refractivity contribution in [3.63, 3.8) is 0 Å². The molecule has 0 rings (SSSR count). The molecule has 0 saturated heterocycles. The lowest BCUT2D eigenvalue weighted by Gasteiger charge is -1.96. The van der Waals surface area contributed by atoms with Crippen LogP contribution in [-0.2, 0) is 10.8 Å². The summed E-state index contributed by atoms with van der Waals surface area (Å²) < 4.78 is 10.7. The van der Waals surface area contributed by atoms with E-state index in [-0.39, 0.29) is 6.61 Å². The molecule has 0 saturated carbocycles. The van der Waals surface area contributed by atoms with Crippen molar-refractivity contribution in [2.45, 2.75) is 0 Å². The van der Waals surface area contributed by atoms with Gasteiger partial charge in [0.15, 0.2) is 0 Å². The van der Waals surface area contributed by atoms with Gasteiger partial charge in [-0.3, -0.25) is 4.21 Å². The van der Waals surface area contributed by atoms with E-state index in [1.807, 2.05) is 7.05 Å². The Bertz CT molecular complexity index is 87.0. The second-order valence-electron chi connectivity index (χ2n) is 1.68. The maximum absolute atomic E-state index is 10.7. The Balaban J connectivity index is 3.06. The van der Waals surface area contributed by atoms with Crippen LogP contribution in [0.2, 0.25) is 0 Å². The summed E-state index contributed by atoms with van der Waals surface area (Å²) in [4.78, 5) is 0. The van der Waals surface area contributed by atoms with Crippen molar-refractivity contribution in [1.82, 2.24) is 5.32 Å². The fraction of sp³-hybridized carbons (Fsp3) is 1.00. The Labute approximate surface area is 57.9 Å². The third-order valence-corrected chi connectivity index (χ3v) is 2.20. The van der Waals surface area contributed by atoms with E-state index in [9.17, 15) is 4.21 Å². The number of rotatable bonds is 5. The van der Waals surface area contributed by atoms with E-state index in [0.717, 1.165) is 6.54 Å². The third kappa shape index (κ3) is 5.95. The molecule has 0 aliphatic rings. The molecule has 1 atom stereocenters. The zero-order valence-corrected chi connectivity index (χ0v) is 6.41. The van der Waals surface area contributed by atoms with E-state index in [2.05, 4.69) is 5.32 Å². The van der Waals surface area contributed by atoms with Gasteiger partial charge in [-0.25, -0.2) is 0 Å². The predicted molar refractivity (Wildman–Crippen MR) is 38.9 cm³/mol. The maximum atomic E-state index is 10.7. The van der Waals surface area contributed by atoms with Crippen molar-refractivity contribution in [2.75, 3.05) is 31.7 Å². The number of hydrogen-bond acceptors (Lipinski definition) is 3. The lowest BCUT2D eigenvalue weighted by atomic mass is 10.8. The normalized spacial score (nSPS) is 13.6. The summed E-state index contributed by atoms with van der Waals surface area (Å²) in [6, 6.07) is 0. The smallest absolute Gasteiger partial charge is 0.0546 e. The molecule has 56 valence electrons. The predicted octanol–water partition coefficient (Wildman–Crippen LogP) is -1.05. The SMILES string of the molecule is CNCCS(=O)CCO. The van der Waals surface area contributed by atoms with Gasteiger partial charge >= 0.3 is 0 Å². The highest BCUT2D eigenvalue weighted by Gasteiger charge is 1.94. The Hall–Kier alpha value is 0.0700. The van der Waals surface area contributed by atoms with Gasteiger partial charge in [0.25, 0.3) is 0 Å². The van der Waals surface area contributed by atoms with Crippen LogP contribution in [0.5, 0.6) is 0 Å². The van der Waals surface area contributed by atoms with Gasteiger partial charge in [0.05, 0.1) is 6.61 Å². The van der Waals surface area contributed by atoms with Gasteiger partial charge < -0.3 is 10.4 Å². The highest BCUT2D eigenvalue weighted by molar-refractivity contribution is 7.85. The molecule has 0 spiro atoms. The molecule has 0 amide bonds. The molecule has 0 radical (unpaired) electrons. The Morgan fingerprint density at radius 3 is 2.67 bits per heavy atom. The molecule has 0 aromatic carbocycles. The summed E-state index contributed by atoms with van der Waals surface area (Å²) in [7, 11) is 0.983. The summed E-state index contributed by atoms with van der Waals surface area (Å²) in [6.07, 6.45) is 0. The molecule has 1 unspecified atom stereocenters. The first-order valence-corrected chi connectivity index (χ1v) is 4.40. The fourth-order valence-corrected chi connectivity index (χ4v) is 1.26. The largest absolute Gasteiger partial charge is 0.395 e. The van der Waals surface area contributed by atoms with Gasteiger partial charge in [0, 0.05) is 28.9 Å². The Morgan fingerprint density at radius 1 is 1.56 bits per heavy atom. The topological polar surface area (TPSA) is 49.3 Å². The number of aliphatic hydroxyl groups is 1. The molecular formula is C5H13NO2S. The monoisotopic (exact) mass is 151 g/mol. The van der Waals surface area contributed by atoms with Crippen LogP contribution >= 0.6 is 0 Å². The molecule has 0 bridgehead atoms. The first-order valence-electron chi connectivity index (χ1n) is 2.91. The summed E-state index contributed by atoms with van der Waals surface area (Å²) in [6.45, 7) is 0.781. The lowest BCUT2D eigenvalue weighted by molar-refractivity contribution is 0.321. The number of nitrogens with one attached hydrogen (secondary N) is 1. The van der Waals surface area contributed by atoms with Crippen LogP contribution in [0.25, 0.3) is 0 Å². The molecule has 0 aromatic heterocycles. The van der Waals surface area contributed by atoms with Crippen LogP contribution < -0.4 is 5.32 Å². The second kappa shape index (κ2) is 6.19. The van der Waals surface area contributed by atoms with Crippen LogP contribution in [0.3, 0.4) is 0 Å². The third-order valence-electron chi connectivity index (χ3n) is 0.899. The minimum Gasteiger partial charge on any atom is -0.395 e. The summed E-state index contributed by atoms with van der Waals surface area (Å²) in [5, 5.41) is 11.2. The second-order valence-corrected chi connectivity index (χ2v) is 3.37. The van der Waals surface area contributed by atoms with Gasteiger partial charge in [-0.2, -0.15) is 0 Å². The van der Waals surface area contributed by atoms with E-state index in [1.165, 1.54) is 0 Å². The minimum atomic E-state index is -0.832. The Morgan fingerprint density at radius 2 is 2.22 bits per heavy atom. The molecule has 4 heteroatoms. The average Bonchev–Trinajstić information content (AvgIpc) is 1.85. The molecule has 9 heavy (non-hydrogen) atoms. The van der Waals surface area contributed by atoms with Crippen molar-refractivity contribution < 1.29 is 9.32 Å². The molecule has 0 fully saturated rings. The van der Waals surface area contributed by atoms with Crippen LogP contribution in [0.1, 0.15) is 0 Å². The van der Waals surface area contributed by atoms with E-state index in [4.69, 9.17) is 5.11 Å². The van der Waals surface area contributed by atoms with Crippen molar-refractivity contribution in [2.24, 2.45) is 0 Å². The average molecular weight is 151 g/mol. The first-order chi connectivity index (χ1) is 4.31. The van der Waals surface area contributed by atoms with Crippen molar-refractivity contribution in [3.8, 4) is 0 Å². The highest BCUT2D eigenvalue weighted by Crippen LogP contribution is 1.78. The maximum Gasteiger partial charge on any atom is 0.0546 e. The van der Waals surface area contributed by atoms with Crippen molar-refractivity contribution in [1.29, 1.82) is 0 Å². The van der Waals surface area contributed by atoms with Gasteiger partial charge in [-0.1, -0.05) is 0 Å². The van der Waals surface area contributed by atoms with Crippen LogP contribution in [-0.4, -0.2) is 41.0 Å². The van der Waals surface area contributed by atoms with Gasteiger partial charge in [-0.05, 0) is 7.05 Å². The quantitative estimate of drug-likeness (QED) is 0.527. The zero-order chi connectivity index (χ0) is 7.11. The number of aliphatic hydroxyl groups excluding tert-OH is 1. The molecule has 0 aliphatic heterocycles. The highest BCUT2D eigenvalue weighted by atomic mass is 32.2. The van der Waals surface area contributed by atoms with Crippen LogP contribution in [0.4, 0.5) is 0 Å². The summed E-state index contributed by atoms with van der Waals surface area (Å²) in [5.74, 6) is 1.04.